The van der Waals surface area contributed by atoms with Crippen molar-refractivity contribution in [3.63, 3.8) is 0 Å². The highest BCUT2D eigenvalue weighted by molar-refractivity contribution is 5.69. The summed E-state index contributed by atoms with van der Waals surface area (Å²) in [7, 11) is 0. The van der Waals surface area contributed by atoms with Gasteiger partial charge in [-0.05, 0) is 24.1 Å². The summed E-state index contributed by atoms with van der Waals surface area (Å²) in [5.74, 6) is 0.176. The highest BCUT2D eigenvalue weighted by Gasteiger charge is 2.03. The van der Waals surface area contributed by atoms with Gasteiger partial charge in [-0.2, -0.15) is 0 Å². The minimum atomic E-state index is -0.0862. The fourth-order valence-corrected chi connectivity index (χ4v) is 3.30. The van der Waals surface area contributed by atoms with Crippen molar-refractivity contribution in [3.05, 3.63) is 29.8 Å². The Balaban J connectivity index is 1.82. The van der Waals surface area contributed by atoms with Gasteiger partial charge in [0, 0.05) is 12.8 Å². The molecule has 1 N–H and O–H groups in total. The zero-order chi connectivity index (χ0) is 19.6. The maximum absolute atomic E-state index is 11.7. The lowest BCUT2D eigenvalue weighted by Crippen LogP contribution is -2.07. The van der Waals surface area contributed by atoms with Crippen molar-refractivity contribution in [1.29, 1.82) is 0 Å². The normalized spacial score (nSPS) is 10.9. The van der Waals surface area contributed by atoms with Gasteiger partial charge in [-0.15, -0.1) is 0 Å². The molecule has 0 atom stereocenters. The Morgan fingerprint density at radius 3 is 1.78 bits per heavy atom. The standard InChI is InChI=1S/C24H40O3/c1-2-3-4-5-6-7-8-9-10-11-12-13-14-15-24(26)27-21-20-22-16-18-23(25)19-17-22/h16-19,25H,2-15,20-21H2,1H3. The van der Waals surface area contributed by atoms with Gasteiger partial charge in [-0.25, -0.2) is 0 Å². The third-order valence-corrected chi connectivity index (χ3v) is 5.07. The molecule has 27 heavy (non-hydrogen) atoms. The molecule has 0 saturated carbocycles. The smallest absolute Gasteiger partial charge is 0.305 e. The van der Waals surface area contributed by atoms with E-state index < -0.39 is 0 Å². The number of rotatable bonds is 17. The number of carbonyl (C=O) groups excluding carboxylic acids is 1. The molecule has 0 bridgehead atoms. The lowest BCUT2D eigenvalue weighted by Gasteiger charge is -2.06. The van der Waals surface area contributed by atoms with Crippen LogP contribution >= 0.6 is 0 Å². The van der Waals surface area contributed by atoms with E-state index in [0.717, 1.165) is 18.4 Å². The molecule has 3 nitrogen and oxygen atoms in total. The summed E-state index contributed by atoms with van der Waals surface area (Å²) in [6.07, 6.45) is 18.3. The number of unbranched alkanes of at least 4 members (excludes halogenated alkanes) is 12. The lowest BCUT2D eigenvalue weighted by atomic mass is 10.0. The second-order valence-electron chi connectivity index (χ2n) is 7.63. The summed E-state index contributed by atoms with van der Waals surface area (Å²) in [6.45, 7) is 2.69. The second kappa shape index (κ2) is 16.6. The zero-order valence-corrected chi connectivity index (χ0v) is 17.4. The van der Waals surface area contributed by atoms with Gasteiger partial charge in [-0.3, -0.25) is 4.79 Å². The van der Waals surface area contributed by atoms with Gasteiger partial charge in [0.05, 0.1) is 6.61 Å². The zero-order valence-electron chi connectivity index (χ0n) is 17.4. The first kappa shape index (κ1) is 23.5. The molecule has 0 heterocycles. The van der Waals surface area contributed by atoms with Gasteiger partial charge in [0.25, 0.3) is 0 Å². The number of aromatic hydroxyl groups is 1. The van der Waals surface area contributed by atoms with Crippen LogP contribution in [0.25, 0.3) is 0 Å². The first-order valence-corrected chi connectivity index (χ1v) is 11.2. The Morgan fingerprint density at radius 1 is 0.778 bits per heavy atom. The van der Waals surface area contributed by atoms with E-state index in [1.54, 1.807) is 12.1 Å². The van der Waals surface area contributed by atoms with Crippen molar-refractivity contribution in [1.82, 2.24) is 0 Å². The Labute approximate surface area is 166 Å². The Kier molecular flexibility index (Phi) is 14.5. The lowest BCUT2D eigenvalue weighted by molar-refractivity contribution is -0.143. The molecule has 0 amide bonds. The van der Waals surface area contributed by atoms with Crippen molar-refractivity contribution in [2.45, 2.75) is 103 Å². The van der Waals surface area contributed by atoms with E-state index in [-0.39, 0.29) is 11.7 Å². The molecule has 1 aromatic rings. The van der Waals surface area contributed by atoms with Crippen molar-refractivity contribution >= 4 is 5.97 Å². The van der Waals surface area contributed by atoms with Gasteiger partial charge in [0.1, 0.15) is 5.75 Å². The average Bonchev–Trinajstić information content (AvgIpc) is 2.67. The molecule has 0 aliphatic heterocycles. The first-order chi connectivity index (χ1) is 13.2. The summed E-state index contributed by atoms with van der Waals surface area (Å²) >= 11 is 0. The van der Waals surface area contributed by atoms with Crippen LogP contribution in [0.3, 0.4) is 0 Å². The largest absolute Gasteiger partial charge is 0.508 e. The van der Waals surface area contributed by atoms with Crippen LogP contribution in [0.4, 0.5) is 0 Å². The quantitative estimate of drug-likeness (QED) is 0.236. The molecule has 0 spiro atoms. The van der Waals surface area contributed by atoms with Gasteiger partial charge in [0.15, 0.2) is 0 Å². The number of benzene rings is 1. The van der Waals surface area contributed by atoms with Gasteiger partial charge >= 0.3 is 5.97 Å². The van der Waals surface area contributed by atoms with E-state index in [2.05, 4.69) is 6.92 Å². The maximum Gasteiger partial charge on any atom is 0.305 e. The van der Waals surface area contributed by atoms with Crippen LogP contribution < -0.4 is 0 Å². The SMILES string of the molecule is CCCCCCCCCCCCCCCC(=O)OCCc1ccc(O)cc1. The highest BCUT2D eigenvalue weighted by atomic mass is 16.5. The summed E-state index contributed by atoms with van der Waals surface area (Å²) < 4.78 is 5.28. The molecular weight excluding hydrogens is 336 g/mol. The van der Waals surface area contributed by atoms with Crippen LogP contribution in [0, 0.1) is 0 Å². The van der Waals surface area contributed by atoms with Crippen LogP contribution in [0.15, 0.2) is 24.3 Å². The number of hydrogen-bond donors (Lipinski definition) is 1. The van der Waals surface area contributed by atoms with E-state index in [1.165, 1.54) is 70.6 Å². The molecule has 0 aromatic heterocycles. The third-order valence-electron chi connectivity index (χ3n) is 5.07. The number of phenolic OH excluding ortho intramolecular Hbond substituents is 1. The second-order valence-corrected chi connectivity index (χ2v) is 7.63. The number of hydrogen-bond acceptors (Lipinski definition) is 3. The Hall–Kier alpha value is -1.51. The fourth-order valence-electron chi connectivity index (χ4n) is 3.30. The van der Waals surface area contributed by atoms with E-state index in [4.69, 9.17) is 4.74 Å². The monoisotopic (exact) mass is 376 g/mol. The van der Waals surface area contributed by atoms with E-state index in [1.807, 2.05) is 12.1 Å². The Morgan fingerprint density at radius 2 is 1.26 bits per heavy atom. The average molecular weight is 377 g/mol. The number of esters is 1. The Bertz CT molecular complexity index is 467. The number of carbonyl (C=O) groups is 1. The van der Waals surface area contributed by atoms with Crippen LogP contribution in [0.5, 0.6) is 5.75 Å². The molecule has 0 saturated heterocycles. The fraction of sp³-hybridized carbons (Fsp3) is 0.708. The molecule has 154 valence electrons. The molecule has 1 aromatic carbocycles. The minimum Gasteiger partial charge on any atom is -0.508 e. The van der Waals surface area contributed by atoms with E-state index in [9.17, 15) is 9.90 Å². The van der Waals surface area contributed by atoms with Crippen molar-refractivity contribution in [2.75, 3.05) is 6.61 Å². The predicted octanol–water partition coefficient (Wildman–Crippen LogP) is 6.96. The van der Waals surface area contributed by atoms with Crippen LogP contribution in [-0.4, -0.2) is 17.7 Å². The van der Waals surface area contributed by atoms with Crippen LogP contribution in [0.2, 0.25) is 0 Å². The predicted molar refractivity (Wildman–Crippen MR) is 113 cm³/mol. The molecule has 0 aliphatic rings. The van der Waals surface area contributed by atoms with E-state index in [0.29, 0.717) is 19.4 Å². The topological polar surface area (TPSA) is 46.5 Å². The minimum absolute atomic E-state index is 0.0862. The molecule has 0 aliphatic carbocycles. The molecule has 0 radical (unpaired) electrons. The number of phenols is 1. The van der Waals surface area contributed by atoms with Crippen LogP contribution in [0.1, 0.15) is 102 Å². The first-order valence-electron chi connectivity index (χ1n) is 11.2. The van der Waals surface area contributed by atoms with Gasteiger partial charge < -0.3 is 9.84 Å². The maximum atomic E-state index is 11.7. The molecule has 0 fully saturated rings. The molecule has 0 unspecified atom stereocenters. The van der Waals surface area contributed by atoms with E-state index >= 15 is 0 Å². The number of ether oxygens (including phenoxy) is 1. The summed E-state index contributed by atoms with van der Waals surface area (Å²) in [4.78, 5) is 11.7. The van der Waals surface area contributed by atoms with Gasteiger partial charge in [-0.1, -0.05) is 96.1 Å². The highest BCUT2D eigenvalue weighted by Crippen LogP contribution is 2.13. The molecular formula is C24H40O3. The summed E-state index contributed by atoms with van der Waals surface area (Å²) in [5.41, 5.74) is 1.07. The van der Waals surface area contributed by atoms with Crippen LogP contribution in [-0.2, 0) is 16.0 Å². The van der Waals surface area contributed by atoms with Crippen molar-refractivity contribution in [3.8, 4) is 5.75 Å². The van der Waals surface area contributed by atoms with Crippen molar-refractivity contribution < 1.29 is 14.6 Å². The third kappa shape index (κ3) is 14.2. The van der Waals surface area contributed by atoms with Gasteiger partial charge in [0.2, 0.25) is 0 Å². The summed E-state index contributed by atoms with van der Waals surface area (Å²) in [5, 5.41) is 9.23. The molecule has 3 heteroatoms. The summed E-state index contributed by atoms with van der Waals surface area (Å²) in [6, 6.07) is 7.03. The van der Waals surface area contributed by atoms with Crippen molar-refractivity contribution in [2.24, 2.45) is 0 Å². The molecule has 1 rings (SSSR count).